The van der Waals surface area contributed by atoms with Crippen molar-refractivity contribution in [1.82, 2.24) is 9.36 Å². The lowest BCUT2D eigenvalue weighted by atomic mass is 10.4. The van der Waals surface area contributed by atoms with Gasteiger partial charge >= 0.3 is 0 Å². The molecule has 1 aromatic heterocycles. The molecule has 0 spiro atoms. The highest BCUT2D eigenvalue weighted by Crippen LogP contribution is 2.23. The maximum atomic E-state index is 11.1. The van der Waals surface area contributed by atoms with Crippen molar-refractivity contribution in [3.05, 3.63) is 0 Å². The fourth-order valence-electron chi connectivity index (χ4n) is 1.39. The summed E-state index contributed by atoms with van der Waals surface area (Å²) in [6, 6.07) is 0. The molecule has 0 unspecified atom stereocenters. The van der Waals surface area contributed by atoms with Crippen LogP contribution < -0.4 is 4.90 Å². The quantitative estimate of drug-likeness (QED) is 0.746. The fraction of sp³-hybridized carbons (Fsp3) is 0.714. The predicted octanol–water partition coefficient (Wildman–Crippen LogP) is 0.542. The van der Waals surface area contributed by atoms with Crippen molar-refractivity contribution < 1.29 is 8.42 Å². The van der Waals surface area contributed by atoms with E-state index in [0.717, 1.165) is 48.9 Å². The van der Waals surface area contributed by atoms with Crippen molar-refractivity contribution in [3.8, 4) is 0 Å². The monoisotopic (exact) mass is 233 g/mol. The number of anilines is 1. The Morgan fingerprint density at radius 3 is 2.50 bits per heavy atom. The molecule has 0 bridgehead atoms. The Kier molecular flexibility index (Phi) is 2.44. The third-order valence-corrected chi connectivity index (χ3v) is 3.84. The summed E-state index contributed by atoms with van der Waals surface area (Å²) < 4.78 is 26.1. The van der Waals surface area contributed by atoms with E-state index >= 15 is 0 Å². The average molecular weight is 233 g/mol. The van der Waals surface area contributed by atoms with E-state index in [1.807, 2.05) is 0 Å². The first-order valence-electron chi connectivity index (χ1n) is 4.36. The summed E-state index contributed by atoms with van der Waals surface area (Å²) in [5.74, 6) is 0. The first-order valence-corrected chi connectivity index (χ1v) is 7.02. The average Bonchev–Trinajstić information content (AvgIpc) is 2.73. The van der Waals surface area contributed by atoms with Crippen LogP contribution in [0.15, 0.2) is 5.16 Å². The minimum absolute atomic E-state index is 0.0515. The van der Waals surface area contributed by atoms with E-state index in [0.29, 0.717) is 0 Å². The highest BCUT2D eigenvalue weighted by atomic mass is 32.2. The number of nitrogens with zero attached hydrogens (tertiary/aromatic N) is 3. The van der Waals surface area contributed by atoms with Crippen LogP contribution >= 0.6 is 11.5 Å². The molecule has 0 saturated carbocycles. The molecular formula is C7H11N3O2S2. The van der Waals surface area contributed by atoms with Crippen LogP contribution in [0.4, 0.5) is 5.13 Å². The summed E-state index contributed by atoms with van der Waals surface area (Å²) in [7, 11) is -3.25. The van der Waals surface area contributed by atoms with Crippen molar-refractivity contribution >= 4 is 26.5 Å². The second-order valence-corrected chi connectivity index (χ2v) is 5.97. The van der Waals surface area contributed by atoms with Gasteiger partial charge in [0, 0.05) is 30.9 Å². The molecule has 14 heavy (non-hydrogen) atoms. The van der Waals surface area contributed by atoms with E-state index < -0.39 is 9.84 Å². The molecule has 0 atom stereocenters. The number of hydrogen-bond acceptors (Lipinski definition) is 6. The summed E-state index contributed by atoms with van der Waals surface area (Å²) in [5, 5.41) is 0.673. The molecule has 5 nitrogen and oxygen atoms in total. The van der Waals surface area contributed by atoms with Gasteiger partial charge in [-0.25, -0.2) is 8.42 Å². The van der Waals surface area contributed by atoms with Gasteiger partial charge in [-0.3, -0.25) is 0 Å². The molecular weight excluding hydrogens is 222 g/mol. The number of sulfone groups is 1. The molecule has 78 valence electrons. The van der Waals surface area contributed by atoms with E-state index in [1.54, 1.807) is 0 Å². The first kappa shape index (κ1) is 9.85. The van der Waals surface area contributed by atoms with Gasteiger partial charge in [0.25, 0.3) is 5.16 Å². The zero-order valence-corrected chi connectivity index (χ0v) is 9.44. The van der Waals surface area contributed by atoms with Crippen LogP contribution in [0, 0.1) is 0 Å². The molecule has 0 aliphatic carbocycles. The van der Waals surface area contributed by atoms with Crippen LogP contribution in [0.2, 0.25) is 0 Å². The molecule has 1 aliphatic rings. The van der Waals surface area contributed by atoms with Crippen molar-refractivity contribution in [2.45, 2.75) is 18.0 Å². The van der Waals surface area contributed by atoms with Crippen molar-refractivity contribution in [2.24, 2.45) is 0 Å². The lowest BCUT2D eigenvalue weighted by Gasteiger charge is -2.10. The predicted molar refractivity (Wildman–Crippen MR) is 54.5 cm³/mol. The van der Waals surface area contributed by atoms with Crippen LogP contribution in [0.3, 0.4) is 0 Å². The van der Waals surface area contributed by atoms with Crippen molar-refractivity contribution in [3.63, 3.8) is 0 Å². The molecule has 0 N–H and O–H groups in total. The van der Waals surface area contributed by atoms with Crippen LogP contribution in [-0.4, -0.2) is 37.1 Å². The van der Waals surface area contributed by atoms with Gasteiger partial charge in [-0.2, -0.15) is 9.36 Å². The van der Waals surface area contributed by atoms with Gasteiger partial charge in [0.2, 0.25) is 15.0 Å². The van der Waals surface area contributed by atoms with Crippen molar-refractivity contribution in [1.29, 1.82) is 0 Å². The fourth-order valence-corrected chi connectivity index (χ4v) is 2.98. The van der Waals surface area contributed by atoms with Gasteiger partial charge < -0.3 is 4.90 Å². The summed E-state index contributed by atoms with van der Waals surface area (Å²) in [6.07, 6.45) is 3.42. The Morgan fingerprint density at radius 2 is 2.00 bits per heavy atom. The normalized spacial score (nSPS) is 17.6. The highest BCUT2D eigenvalue weighted by molar-refractivity contribution is 7.90. The standard InChI is InChI=1S/C7H11N3O2S2/c1-14(11,12)6-8-7(13-9-6)10-4-2-3-5-10/h2-5H2,1H3. The van der Waals surface area contributed by atoms with Gasteiger partial charge in [-0.1, -0.05) is 0 Å². The number of aromatic nitrogens is 2. The lowest BCUT2D eigenvalue weighted by Crippen LogP contribution is -2.17. The zero-order valence-electron chi connectivity index (χ0n) is 7.80. The van der Waals surface area contributed by atoms with Gasteiger partial charge in [-0.05, 0) is 12.8 Å². The summed E-state index contributed by atoms with van der Waals surface area (Å²) in [5.41, 5.74) is 0. The third-order valence-electron chi connectivity index (χ3n) is 2.10. The van der Waals surface area contributed by atoms with Crippen molar-refractivity contribution in [2.75, 3.05) is 24.2 Å². The lowest BCUT2D eigenvalue weighted by molar-refractivity contribution is 0.595. The third kappa shape index (κ3) is 1.88. The molecule has 0 aromatic carbocycles. The van der Waals surface area contributed by atoms with Gasteiger partial charge in [0.15, 0.2) is 0 Å². The van der Waals surface area contributed by atoms with Crippen LogP contribution in [0.25, 0.3) is 0 Å². The molecule has 1 aromatic rings. The molecule has 7 heteroatoms. The van der Waals surface area contributed by atoms with E-state index in [2.05, 4.69) is 14.3 Å². The second kappa shape index (κ2) is 3.47. The Labute approximate surface area is 86.9 Å². The van der Waals surface area contributed by atoms with Gasteiger partial charge in [-0.15, -0.1) is 0 Å². The maximum absolute atomic E-state index is 11.1. The Balaban J connectivity index is 2.25. The molecule has 1 fully saturated rings. The Hall–Kier alpha value is -0.690. The Bertz CT molecular complexity index is 420. The molecule has 2 heterocycles. The van der Waals surface area contributed by atoms with E-state index in [-0.39, 0.29) is 5.16 Å². The molecule has 1 saturated heterocycles. The number of rotatable bonds is 2. The minimum Gasteiger partial charge on any atom is -0.347 e. The largest absolute Gasteiger partial charge is 0.347 e. The molecule has 0 radical (unpaired) electrons. The number of hydrogen-bond donors (Lipinski definition) is 0. The van der Waals surface area contributed by atoms with Gasteiger partial charge in [0.1, 0.15) is 0 Å². The van der Waals surface area contributed by atoms with Crippen LogP contribution in [0.5, 0.6) is 0 Å². The molecule has 2 rings (SSSR count). The smallest absolute Gasteiger partial charge is 0.260 e. The topological polar surface area (TPSA) is 63.2 Å². The highest BCUT2D eigenvalue weighted by Gasteiger charge is 2.20. The maximum Gasteiger partial charge on any atom is 0.260 e. The van der Waals surface area contributed by atoms with E-state index in [9.17, 15) is 8.42 Å². The molecule has 0 amide bonds. The SMILES string of the molecule is CS(=O)(=O)c1nsc(N2CCCC2)n1. The van der Waals surface area contributed by atoms with E-state index in [4.69, 9.17) is 0 Å². The summed E-state index contributed by atoms with van der Waals surface area (Å²) in [6.45, 7) is 1.91. The van der Waals surface area contributed by atoms with Crippen LogP contribution in [0.1, 0.15) is 12.8 Å². The minimum atomic E-state index is -3.25. The molecule has 1 aliphatic heterocycles. The van der Waals surface area contributed by atoms with Gasteiger partial charge in [0.05, 0.1) is 0 Å². The first-order chi connectivity index (χ1) is 6.57. The van der Waals surface area contributed by atoms with Crippen LogP contribution in [-0.2, 0) is 9.84 Å². The zero-order chi connectivity index (χ0) is 10.2. The summed E-state index contributed by atoms with van der Waals surface area (Å²) in [4.78, 5) is 6.08. The van der Waals surface area contributed by atoms with E-state index in [1.165, 1.54) is 0 Å². The second-order valence-electron chi connectivity index (χ2n) is 3.33. The Morgan fingerprint density at radius 1 is 1.36 bits per heavy atom. The summed E-state index contributed by atoms with van der Waals surface area (Å²) >= 11 is 1.16.